The Labute approximate surface area is 201 Å². The van der Waals surface area contributed by atoms with Gasteiger partial charge >= 0.3 is 5.97 Å². The van der Waals surface area contributed by atoms with Gasteiger partial charge in [-0.05, 0) is 48.9 Å². The molecule has 1 atom stereocenters. The van der Waals surface area contributed by atoms with Crippen LogP contribution < -0.4 is 10.9 Å². The van der Waals surface area contributed by atoms with Gasteiger partial charge in [-0.25, -0.2) is 4.68 Å². The number of para-hydroxylation sites is 1. The van der Waals surface area contributed by atoms with E-state index >= 15 is 0 Å². The third kappa shape index (κ3) is 4.92. The van der Waals surface area contributed by atoms with Gasteiger partial charge in [0.1, 0.15) is 5.69 Å². The van der Waals surface area contributed by atoms with E-state index in [-0.39, 0.29) is 17.0 Å². The third-order valence-corrected chi connectivity index (χ3v) is 6.52. The van der Waals surface area contributed by atoms with Gasteiger partial charge in [-0.3, -0.25) is 19.1 Å². The van der Waals surface area contributed by atoms with E-state index in [0.717, 1.165) is 15.7 Å². The van der Waals surface area contributed by atoms with E-state index in [9.17, 15) is 14.4 Å². The molecule has 0 fully saturated rings. The molecule has 1 amide bonds. The Morgan fingerprint density at radius 2 is 1.68 bits per heavy atom. The lowest BCUT2D eigenvalue weighted by Crippen LogP contribution is -2.32. The molecule has 8 heteroatoms. The number of carbonyl (C=O) groups is 2. The van der Waals surface area contributed by atoms with E-state index in [1.807, 2.05) is 72.8 Å². The minimum atomic E-state index is -1.05. The summed E-state index contributed by atoms with van der Waals surface area (Å²) < 4.78 is 8.45. The lowest BCUT2D eigenvalue weighted by atomic mass is 10.1. The summed E-state index contributed by atoms with van der Waals surface area (Å²) >= 11 is 1.35. The first-order valence-corrected chi connectivity index (χ1v) is 11.8. The predicted molar refractivity (Wildman–Crippen MR) is 135 cm³/mol. The number of hydrogen-bond acceptors (Lipinski definition) is 5. The number of thioether (sulfide) groups is 1. The van der Waals surface area contributed by atoms with E-state index < -0.39 is 18.0 Å². The maximum Gasteiger partial charge on any atom is 0.317 e. The first-order valence-electron chi connectivity index (χ1n) is 10.8. The van der Waals surface area contributed by atoms with Crippen molar-refractivity contribution in [3.8, 4) is 5.69 Å². The Balaban J connectivity index is 1.38. The number of amides is 1. The highest BCUT2D eigenvalue weighted by atomic mass is 32.2. The van der Waals surface area contributed by atoms with Gasteiger partial charge in [0.2, 0.25) is 0 Å². The zero-order valence-electron chi connectivity index (χ0n) is 19.1. The number of esters is 1. The van der Waals surface area contributed by atoms with Gasteiger partial charge in [-0.1, -0.05) is 48.5 Å². The molecule has 1 N–H and O–H groups in total. The Kier molecular flexibility index (Phi) is 6.88. The molecule has 0 saturated heterocycles. The van der Waals surface area contributed by atoms with Crippen LogP contribution in [0.2, 0.25) is 0 Å². The van der Waals surface area contributed by atoms with Gasteiger partial charge in [-0.15, -0.1) is 11.8 Å². The van der Waals surface area contributed by atoms with Crippen LogP contribution in [0.15, 0.2) is 82.5 Å². The van der Waals surface area contributed by atoms with Crippen molar-refractivity contribution in [2.45, 2.75) is 24.8 Å². The van der Waals surface area contributed by atoms with E-state index in [0.29, 0.717) is 11.4 Å². The fraction of sp³-hybridized carbons (Fsp3) is 0.192. The Morgan fingerprint density at radius 1 is 1.00 bits per heavy atom. The minimum Gasteiger partial charge on any atom is -0.452 e. The van der Waals surface area contributed by atoms with Crippen molar-refractivity contribution in [3.63, 3.8) is 0 Å². The first kappa shape index (κ1) is 23.4. The molecular weight excluding hydrogens is 450 g/mol. The van der Waals surface area contributed by atoms with Crippen LogP contribution in [0.1, 0.15) is 12.6 Å². The zero-order valence-corrected chi connectivity index (χ0v) is 20.0. The summed E-state index contributed by atoms with van der Waals surface area (Å²) in [6.45, 7) is 3.23. The second-order valence-electron chi connectivity index (χ2n) is 7.86. The molecule has 7 nitrogen and oxygen atoms in total. The molecule has 0 spiro atoms. The molecule has 0 radical (unpaired) electrons. The van der Waals surface area contributed by atoms with E-state index in [1.165, 1.54) is 23.4 Å². The highest BCUT2D eigenvalue weighted by molar-refractivity contribution is 8.00. The second-order valence-corrected chi connectivity index (χ2v) is 8.90. The van der Waals surface area contributed by atoms with Crippen LogP contribution in [0.4, 0.5) is 5.69 Å². The van der Waals surface area contributed by atoms with Crippen LogP contribution in [0.25, 0.3) is 16.5 Å². The van der Waals surface area contributed by atoms with Gasteiger partial charge < -0.3 is 10.1 Å². The number of nitrogens with one attached hydrogen (secondary N) is 1. The lowest BCUT2D eigenvalue weighted by Gasteiger charge is -2.13. The van der Waals surface area contributed by atoms with E-state index in [2.05, 4.69) is 5.32 Å². The number of fused-ring (bicyclic) bond motifs is 1. The third-order valence-electron chi connectivity index (χ3n) is 5.56. The number of nitrogens with zero attached hydrogens (tertiary/aromatic N) is 2. The molecule has 174 valence electrons. The molecule has 4 aromatic rings. The van der Waals surface area contributed by atoms with Crippen LogP contribution in [-0.4, -0.2) is 33.1 Å². The van der Waals surface area contributed by atoms with Gasteiger partial charge in [0.25, 0.3) is 11.5 Å². The molecule has 0 bridgehead atoms. The molecule has 3 aromatic carbocycles. The van der Waals surface area contributed by atoms with E-state index in [4.69, 9.17) is 4.74 Å². The second kappa shape index (κ2) is 10.0. The van der Waals surface area contributed by atoms with Crippen LogP contribution in [0.3, 0.4) is 0 Å². The SMILES string of the molecule is Cc1c(NC(=O)[C@@H](C)OC(=O)CSc2ccc3ccccc3c2)c(=O)n(-c2ccccc2)n1C. The number of rotatable bonds is 7. The van der Waals surface area contributed by atoms with Crippen LogP contribution in [-0.2, 0) is 21.4 Å². The maximum absolute atomic E-state index is 13.0. The monoisotopic (exact) mass is 475 g/mol. The summed E-state index contributed by atoms with van der Waals surface area (Å²) in [4.78, 5) is 38.9. The molecule has 1 heterocycles. The van der Waals surface area contributed by atoms with Crippen LogP contribution in [0, 0.1) is 6.92 Å². The number of aromatic nitrogens is 2. The number of benzene rings is 3. The van der Waals surface area contributed by atoms with Gasteiger partial charge in [0.05, 0.1) is 17.1 Å². The molecule has 0 unspecified atom stereocenters. The minimum absolute atomic E-state index is 0.0706. The summed E-state index contributed by atoms with van der Waals surface area (Å²) in [7, 11) is 1.74. The normalized spacial score (nSPS) is 11.9. The van der Waals surface area contributed by atoms with Crippen LogP contribution >= 0.6 is 11.8 Å². The molecule has 0 saturated carbocycles. The molecule has 4 rings (SSSR count). The summed E-state index contributed by atoms with van der Waals surface area (Å²) in [6.07, 6.45) is -1.05. The summed E-state index contributed by atoms with van der Waals surface area (Å²) in [6, 6.07) is 23.1. The van der Waals surface area contributed by atoms with Crippen LogP contribution in [0.5, 0.6) is 0 Å². The number of ether oxygens (including phenoxy) is 1. The van der Waals surface area contributed by atoms with Crippen molar-refractivity contribution in [1.29, 1.82) is 0 Å². The van der Waals surface area contributed by atoms with E-state index in [1.54, 1.807) is 18.7 Å². The van der Waals surface area contributed by atoms with Crippen molar-refractivity contribution in [2.75, 3.05) is 11.1 Å². The number of carbonyl (C=O) groups excluding carboxylic acids is 2. The average Bonchev–Trinajstić information content (AvgIpc) is 3.06. The van der Waals surface area contributed by atoms with Gasteiger partial charge in [0.15, 0.2) is 6.10 Å². The van der Waals surface area contributed by atoms with Crippen molar-refractivity contribution in [3.05, 3.63) is 88.8 Å². The lowest BCUT2D eigenvalue weighted by molar-refractivity contribution is -0.150. The van der Waals surface area contributed by atoms with Crippen molar-refractivity contribution in [2.24, 2.45) is 7.05 Å². The zero-order chi connectivity index (χ0) is 24.2. The predicted octanol–water partition coefficient (Wildman–Crippen LogP) is 4.30. The Bertz CT molecular complexity index is 1410. The van der Waals surface area contributed by atoms with Gasteiger partial charge in [0, 0.05) is 11.9 Å². The highest BCUT2D eigenvalue weighted by Crippen LogP contribution is 2.24. The van der Waals surface area contributed by atoms with Crippen molar-refractivity contribution in [1.82, 2.24) is 9.36 Å². The fourth-order valence-corrected chi connectivity index (χ4v) is 4.35. The topological polar surface area (TPSA) is 82.3 Å². The Hall–Kier alpha value is -3.78. The first-order chi connectivity index (χ1) is 16.3. The number of hydrogen-bond donors (Lipinski definition) is 1. The molecule has 34 heavy (non-hydrogen) atoms. The summed E-state index contributed by atoms with van der Waals surface area (Å²) in [5.74, 6) is -0.997. The smallest absolute Gasteiger partial charge is 0.317 e. The summed E-state index contributed by atoms with van der Waals surface area (Å²) in [5.41, 5.74) is 1.08. The maximum atomic E-state index is 13.0. The standard InChI is InChI=1S/C26H25N3O4S/c1-17-24(26(32)29(28(17)3)21-11-5-4-6-12-21)27-25(31)18(2)33-23(30)16-34-22-14-13-19-9-7-8-10-20(19)15-22/h4-15,18H,16H2,1-3H3,(H,27,31)/t18-/m1/s1. The molecule has 0 aliphatic heterocycles. The van der Waals surface area contributed by atoms with Crippen molar-refractivity contribution >= 4 is 40.1 Å². The largest absolute Gasteiger partial charge is 0.452 e. The van der Waals surface area contributed by atoms with Crippen molar-refractivity contribution < 1.29 is 14.3 Å². The summed E-state index contributed by atoms with van der Waals surface area (Å²) in [5, 5.41) is 4.85. The molecule has 1 aromatic heterocycles. The fourth-order valence-electron chi connectivity index (χ4n) is 3.62. The Morgan fingerprint density at radius 3 is 2.41 bits per heavy atom. The highest BCUT2D eigenvalue weighted by Gasteiger charge is 2.23. The molecule has 0 aliphatic carbocycles. The number of anilines is 1. The quantitative estimate of drug-likeness (QED) is 0.318. The molecule has 0 aliphatic rings. The average molecular weight is 476 g/mol. The van der Waals surface area contributed by atoms with Gasteiger partial charge in [-0.2, -0.15) is 0 Å². The molecular formula is C26H25N3O4S.